The average Bonchev–Trinajstić information content (AvgIpc) is 2.37. The molecule has 0 bridgehead atoms. The first-order valence-electron chi connectivity index (χ1n) is 6.08. The Kier molecular flexibility index (Phi) is 3.82. The lowest BCUT2D eigenvalue weighted by molar-refractivity contribution is 1.09. The maximum absolute atomic E-state index is 4.28. The third-order valence-corrected chi connectivity index (χ3v) is 2.84. The maximum atomic E-state index is 4.28. The number of nitrogens with one attached hydrogen (secondary N) is 1. The Bertz CT molecular complexity index is 503. The molecule has 94 valence electrons. The predicted molar refractivity (Wildman–Crippen MR) is 77.1 cm³/mol. The van der Waals surface area contributed by atoms with Crippen molar-refractivity contribution in [2.45, 2.75) is 13.5 Å². The number of nitrogens with zero attached hydrogens (tertiary/aromatic N) is 2. The van der Waals surface area contributed by atoms with E-state index in [1.54, 1.807) is 0 Å². The highest BCUT2D eigenvalue weighted by Gasteiger charge is 1.97. The van der Waals surface area contributed by atoms with Gasteiger partial charge in [0, 0.05) is 32.5 Å². The lowest BCUT2D eigenvalue weighted by Crippen LogP contribution is -2.08. The van der Waals surface area contributed by atoms with Crippen molar-refractivity contribution in [3.8, 4) is 0 Å². The minimum Gasteiger partial charge on any atom is -0.378 e. The molecule has 1 aromatic carbocycles. The summed E-state index contributed by atoms with van der Waals surface area (Å²) in [6.45, 7) is 2.86. The maximum Gasteiger partial charge on any atom is 0.126 e. The molecule has 3 heteroatoms. The van der Waals surface area contributed by atoms with E-state index in [-0.39, 0.29) is 0 Å². The zero-order valence-electron chi connectivity index (χ0n) is 11.1. The van der Waals surface area contributed by atoms with E-state index in [0.29, 0.717) is 0 Å². The van der Waals surface area contributed by atoms with E-state index in [2.05, 4.69) is 46.4 Å². The van der Waals surface area contributed by atoms with Crippen molar-refractivity contribution in [1.29, 1.82) is 0 Å². The number of hydrogen-bond acceptors (Lipinski definition) is 3. The summed E-state index contributed by atoms with van der Waals surface area (Å²) in [4.78, 5) is 6.38. The lowest BCUT2D eigenvalue weighted by Gasteiger charge is -2.13. The van der Waals surface area contributed by atoms with Gasteiger partial charge in [-0.2, -0.15) is 0 Å². The Balaban J connectivity index is 1.98. The van der Waals surface area contributed by atoms with Crippen molar-refractivity contribution in [1.82, 2.24) is 4.98 Å². The van der Waals surface area contributed by atoms with Gasteiger partial charge in [0.1, 0.15) is 5.82 Å². The van der Waals surface area contributed by atoms with Crippen LogP contribution >= 0.6 is 0 Å². The van der Waals surface area contributed by atoms with Crippen molar-refractivity contribution in [3.05, 3.63) is 53.7 Å². The molecule has 0 saturated heterocycles. The number of aromatic nitrogens is 1. The summed E-state index contributed by atoms with van der Waals surface area (Å²) < 4.78 is 0. The fourth-order valence-electron chi connectivity index (χ4n) is 1.74. The fourth-order valence-corrected chi connectivity index (χ4v) is 1.74. The first kappa shape index (κ1) is 12.4. The number of hydrogen-bond donors (Lipinski definition) is 1. The number of pyridine rings is 1. The molecule has 0 amide bonds. The molecule has 0 radical (unpaired) electrons. The quantitative estimate of drug-likeness (QED) is 0.891. The molecule has 3 nitrogen and oxygen atoms in total. The third-order valence-electron chi connectivity index (χ3n) is 2.84. The van der Waals surface area contributed by atoms with Gasteiger partial charge in [0.25, 0.3) is 0 Å². The van der Waals surface area contributed by atoms with E-state index < -0.39 is 0 Å². The summed E-state index contributed by atoms with van der Waals surface area (Å²) in [6, 6.07) is 12.6. The normalized spacial score (nSPS) is 10.2. The Hall–Kier alpha value is -2.03. The summed E-state index contributed by atoms with van der Waals surface area (Å²) in [5, 5.41) is 3.33. The second-order valence-corrected chi connectivity index (χ2v) is 4.63. The van der Waals surface area contributed by atoms with E-state index in [4.69, 9.17) is 0 Å². The van der Waals surface area contributed by atoms with Gasteiger partial charge in [-0.1, -0.05) is 12.1 Å². The van der Waals surface area contributed by atoms with Crippen LogP contribution in [0.1, 0.15) is 11.1 Å². The zero-order valence-corrected chi connectivity index (χ0v) is 11.1. The van der Waals surface area contributed by atoms with Crippen molar-refractivity contribution in [2.75, 3.05) is 24.3 Å². The number of anilines is 2. The fraction of sp³-hybridized carbons (Fsp3) is 0.267. The minimum absolute atomic E-state index is 0.796. The van der Waals surface area contributed by atoms with Crippen molar-refractivity contribution in [3.63, 3.8) is 0 Å². The predicted octanol–water partition coefficient (Wildman–Crippen LogP) is 3.07. The molecule has 2 rings (SSSR count). The molecule has 0 aliphatic rings. The second-order valence-electron chi connectivity index (χ2n) is 4.63. The van der Waals surface area contributed by atoms with Gasteiger partial charge in [0.05, 0.1) is 0 Å². The van der Waals surface area contributed by atoms with Gasteiger partial charge >= 0.3 is 0 Å². The Labute approximate surface area is 108 Å². The number of rotatable bonds is 4. The molecule has 1 N–H and O–H groups in total. The Morgan fingerprint density at radius 3 is 2.44 bits per heavy atom. The van der Waals surface area contributed by atoms with Gasteiger partial charge in [-0.3, -0.25) is 0 Å². The van der Waals surface area contributed by atoms with Crippen LogP contribution in [0.4, 0.5) is 11.5 Å². The molecule has 2 aromatic rings. The largest absolute Gasteiger partial charge is 0.378 e. The van der Waals surface area contributed by atoms with E-state index in [1.165, 1.54) is 16.8 Å². The number of benzene rings is 1. The van der Waals surface area contributed by atoms with Crippen LogP contribution in [-0.2, 0) is 6.54 Å². The monoisotopic (exact) mass is 241 g/mol. The smallest absolute Gasteiger partial charge is 0.126 e. The van der Waals surface area contributed by atoms with Crippen LogP contribution in [0.5, 0.6) is 0 Å². The van der Waals surface area contributed by atoms with Crippen molar-refractivity contribution < 1.29 is 0 Å². The molecular weight excluding hydrogens is 222 g/mol. The van der Waals surface area contributed by atoms with E-state index in [0.717, 1.165) is 12.4 Å². The van der Waals surface area contributed by atoms with Crippen molar-refractivity contribution >= 4 is 11.5 Å². The van der Waals surface area contributed by atoms with Crippen LogP contribution in [0.15, 0.2) is 42.6 Å². The lowest BCUT2D eigenvalue weighted by atomic mass is 10.2. The zero-order chi connectivity index (χ0) is 13.0. The molecule has 0 fully saturated rings. The molecule has 0 spiro atoms. The molecular formula is C15H19N3. The highest BCUT2D eigenvalue weighted by atomic mass is 15.1. The first-order chi connectivity index (χ1) is 8.65. The molecule has 0 unspecified atom stereocenters. The first-order valence-corrected chi connectivity index (χ1v) is 6.08. The summed E-state index contributed by atoms with van der Waals surface area (Å²) >= 11 is 0. The van der Waals surface area contributed by atoms with Crippen LogP contribution in [0.25, 0.3) is 0 Å². The molecule has 0 aliphatic carbocycles. The van der Waals surface area contributed by atoms with Crippen LogP contribution in [-0.4, -0.2) is 19.1 Å². The standard InChI is InChI=1S/C15H19N3/c1-12-8-9-16-15(10-12)17-11-13-4-6-14(7-5-13)18(2)3/h4-10H,11H2,1-3H3,(H,16,17). The topological polar surface area (TPSA) is 28.2 Å². The van der Waals surface area contributed by atoms with Gasteiger partial charge in [-0.25, -0.2) is 4.98 Å². The number of aryl methyl sites for hydroxylation is 1. The van der Waals surface area contributed by atoms with Crippen LogP contribution in [0, 0.1) is 6.92 Å². The Morgan fingerprint density at radius 2 is 1.83 bits per heavy atom. The summed E-state index contributed by atoms with van der Waals surface area (Å²) in [5.74, 6) is 0.923. The summed E-state index contributed by atoms with van der Waals surface area (Å²) in [7, 11) is 4.09. The van der Waals surface area contributed by atoms with Gasteiger partial charge < -0.3 is 10.2 Å². The van der Waals surface area contributed by atoms with Crippen LogP contribution in [0.2, 0.25) is 0 Å². The van der Waals surface area contributed by atoms with E-state index in [1.807, 2.05) is 32.4 Å². The highest BCUT2D eigenvalue weighted by molar-refractivity contribution is 5.47. The Morgan fingerprint density at radius 1 is 1.11 bits per heavy atom. The SMILES string of the molecule is Cc1ccnc(NCc2ccc(N(C)C)cc2)c1. The summed E-state index contributed by atoms with van der Waals surface area (Å²) in [6.07, 6.45) is 1.83. The second kappa shape index (κ2) is 5.54. The van der Waals surface area contributed by atoms with Gasteiger partial charge in [-0.05, 0) is 42.3 Å². The highest BCUT2D eigenvalue weighted by Crippen LogP contribution is 2.13. The van der Waals surface area contributed by atoms with Crippen LogP contribution < -0.4 is 10.2 Å². The molecule has 0 atom stereocenters. The molecule has 18 heavy (non-hydrogen) atoms. The minimum atomic E-state index is 0.796. The van der Waals surface area contributed by atoms with Crippen LogP contribution in [0.3, 0.4) is 0 Å². The van der Waals surface area contributed by atoms with Gasteiger partial charge in [0.2, 0.25) is 0 Å². The molecule has 1 aromatic heterocycles. The van der Waals surface area contributed by atoms with Crippen molar-refractivity contribution in [2.24, 2.45) is 0 Å². The third kappa shape index (κ3) is 3.23. The average molecular weight is 241 g/mol. The van der Waals surface area contributed by atoms with Gasteiger partial charge in [0.15, 0.2) is 0 Å². The van der Waals surface area contributed by atoms with E-state index >= 15 is 0 Å². The molecule has 0 aliphatic heterocycles. The van der Waals surface area contributed by atoms with E-state index in [9.17, 15) is 0 Å². The molecule has 0 saturated carbocycles. The molecule has 1 heterocycles. The summed E-state index contributed by atoms with van der Waals surface area (Å²) in [5.41, 5.74) is 3.69. The van der Waals surface area contributed by atoms with Gasteiger partial charge in [-0.15, -0.1) is 0 Å².